The number of pyridine rings is 3. The van der Waals surface area contributed by atoms with Gasteiger partial charge in [-0.2, -0.15) is 17.6 Å². The van der Waals surface area contributed by atoms with Crippen LogP contribution in [0.2, 0.25) is 0 Å². The molecule has 1 radical (unpaired) electrons. The van der Waals surface area contributed by atoms with Crippen molar-refractivity contribution in [3.63, 3.8) is 0 Å². The number of nitrogens with zero attached hydrogens (tertiary/aromatic N) is 5. The molecule has 0 aliphatic heterocycles. The Balaban J connectivity index is 0.000000228. The number of nitrogens with one attached hydrogen (secondary N) is 1. The summed E-state index contributed by atoms with van der Waals surface area (Å²) >= 11 is 0. The maximum Gasteiger partial charge on any atom is 3.00 e. The molecule has 7 heteroatoms. The molecular formula is C39H37N6Ru. The van der Waals surface area contributed by atoms with Gasteiger partial charge in [0.2, 0.25) is 0 Å². The first-order valence-electron chi connectivity index (χ1n) is 14.7. The van der Waals surface area contributed by atoms with Gasteiger partial charge < -0.3 is 16.6 Å². The Morgan fingerprint density at radius 1 is 0.804 bits per heavy atom. The topological polar surface area (TPSA) is 107 Å². The summed E-state index contributed by atoms with van der Waals surface area (Å²) in [7, 11) is 0. The second kappa shape index (κ2) is 20.0. The molecule has 0 spiro atoms. The summed E-state index contributed by atoms with van der Waals surface area (Å²) in [5.41, 5.74) is 13.1. The van der Waals surface area contributed by atoms with Crippen molar-refractivity contribution < 1.29 is 19.5 Å². The Hall–Kier alpha value is -5.13. The van der Waals surface area contributed by atoms with Crippen molar-refractivity contribution in [2.75, 3.05) is 0 Å². The van der Waals surface area contributed by atoms with Gasteiger partial charge in [-0.3, -0.25) is 15.0 Å². The first-order chi connectivity index (χ1) is 22.0. The third kappa shape index (κ3) is 10.5. The zero-order valence-corrected chi connectivity index (χ0v) is 28.0. The van der Waals surface area contributed by atoms with Crippen molar-refractivity contribution in [3.05, 3.63) is 173 Å². The van der Waals surface area contributed by atoms with E-state index >= 15 is 0 Å². The molecule has 231 valence electrons. The van der Waals surface area contributed by atoms with Gasteiger partial charge in [-0.05, 0) is 47.9 Å². The fourth-order valence-corrected chi connectivity index (χ4v) is 4.22. The molecule has 3 heterocycles. The normalized spacial score (nSPS) is 13.0. The second-order valence-corrected chi connectivity index (χ2v) is 9.76. The van der Waals surface area contributed by atoms with Gasteiger partial charge in [0.15, 0.2) is 0 Å². The Morgan fingerprint density at radius 3 is 1.93 bits per heavy atom. The van der Waals surface area contributed by atoms with Gasteiger partial charge in [-0.15, -0.1) is 0 Å². The van der Waals surface area contributed by atoms with E-state index in [-0.39, 0.29) is 30.9 Å². The number of allylic oxidation sites excluding steroid dienone is 9. The molecule has 0 atom stereocenters. The third-order valence-corrected chi connectivity index (χ3v) is 6.23. The van der Waals surface area contributed by atoms with E-state index in [1.807, 2.05) is 61.5 Å². The molecule has 0 saturated heterocycles. The largest absolute Gasteiger partial charge is 3.00 e. The fourth-order valence-electron chi connectivity index (χ4n) is 4.22. The van der Waals surface area contributed by atoms with Crippen LogP contribution < -0.4 is 0 Å². The van der Waals surface area contributed by atoms with Crippen LogP contribution in [0.25, 0.3) is 55.3 Å². The molecule has 2 aromatic carbocycles. The van der Waals surface area contributed by atoms with E-state index in [2.05, 4.69) is 59.6 Å². The minimum absolute atomic E-state index is 0. The summed E-state index contributed by atoms with van der Waals surface area (Å²) in [6.07, 6.45) is 21.5. The first-order valence-corrected chi connectivity index (χ1v) is 14.7. The molecule has 0 fully saturated rings. The van der Waals surface area contributed by atoms with Gasteiger partial charge in [0.25, 0.3) is 0 Å². The van der Waals surface area contributed by atoms with Crippen molar-refractivity contribution in [2.24, 2.45) is 0 Å². The zero-order valence-electron chi connectivity index (χ0n) is 26.3. The van der Waals surface area contributed by atoms with Crippen LogP contribution in [0.1, 0.15) is 32.8 Å². The Morgan fingerprint density at radius 2 is 1.37 bits per heavy atom. The zero-order chi connectivity index (χ0) is 32.4. The van der Waals surface area contributed by atoms with Crippen LogP contribution >= 0.6 is 0 Å². The summed E-state index contributed by atoms with van der Waals surface area (Å²) in [5, 5.41) is 21.5. The summed E-state index contributed by atoms with van der Waals surface area (Å²) in [5.74, 6) is 0. The smallest absolute Gasteiger partial charge is 0.811 e. The first kappa shape index (κ1) is 37.1. The van der Waals surface area contributed by atoms with Gasteiger partial charge in [0.1, 0.15) is 0 Å². The predicted molar refractivity (Wildman–Crippen MR) is 195 cm³/mol. The number of benzene rings is 2. The molecule has 0 bridgehead atoms. The third-order valence-electron chi connectivity index (χ3n) is 6.23. The number of fused-ring (bicyclic) bond motifs is 4. The average molecular weight is 691 g/mol. The van der Waals surface area contributed by atoms with Crippen LogP contribution in [-0.2, 0) is 19.5 Å². The molecule has 0 saturated carbocycles. The van der Waals surface area contributed by atoms with Crippen molar-refractivity contribution in [1.29, 1.82) is 0 Å². The minimum atomic E-state index is 0. The van der Waals surface area contributed by atoms with Gasteiger partial charge in [-0.1, -0.05) is 118 Å². The molecule has 1 aliphatic carbocycles. The molecule has 46 heavy (non-hydrogen) atoms. The van der Waals surface area contributed by atoms with E-state index in [4.69, 9.17) is 11.1 Å². The SMILES string of the molecule is C=C/C=C1/C=CC(/C=C\C)=C([NH-])C1=[N-].CCC.[N-]=C/C=C\c1ccc2cccnc2c1.[Ru+3].c1cnc2c(c1)ccc1cccnc12. The molecule has 1 N–H and O–H groups in total. The molecule has 0 amide bonds. The van der Waals surface area contributed by atoms with E-state index in [1.165, 1.54) is 6.42 Å². The molecule has 0 unspecified atom stereocenters. The van der Waals surface area contributed by atoms with Crippen LogP contribution in [-0.4, -0.2) is 26.9 Å². The van der Waals surface area contributed by atoms with E-state index in [0.717, 1.165) is 44.5 Å². The monoisotopic (exact) mass is 691 g/mol. The second-order valence-electron chi connectivity index (χ2n) is 9.76. The van der Waals surface area contributed by atoms with Gasteiger partial charge in [0, 0.05) is 34.7 Å². The number of hydrogen-bond donors (Lipinski definition) is 0. The predicted octanol–water partition coefficient (Wildman–Crippen LogP) is 10.6. The molecular weight excluding hydrogens is 654 g/mol. The van der Waals surface area contributed by atoms with Crippen molar-refractivity contribution in [2.45, 2.75) is 27.2 Å². The molecule has 1 aliphatic rings. The van der Waals surface area contributed by atoms with Crippen LogP contribution in [0.15, 0.2) is 151 Å². The summed E-state index contributed by atoms with van der Waals surface area (Å²) in [6, 6.07) is 22.1. The van der Waals surface area contributed by atoms with Crippen LogP contribution in [0.4, 0.5) is 0 Å². The Labute approximate surface area is 284 Å². The standard InChI is InChI=1S/C12H8N2.C12H9N2.C12H12N2.C3H8.Ru/c1-3-9-5-6-10-4-2-8-14-12(10)11(9)13-7-1;13-7-1-3-10-5-6-11-4-2-8-14-12(11)9-10;1-3-5-9-7-8-10(6-4-2)12(14)11(9)13;1-3-2;/h1-8H;1-9H;3-8,14H,1H2,2H3;3H2,1-2H3;/q;-1;-2;;+3/b;3-1-;6-4-,9-5-;;. The van der Waals surface area contributed by atoms with Crippen LogP contribution in [0.5, 0.6) is 0 Å². The van der Waals surface area contributed by atoms with Crippen molar-refractivity contribution in [3.8, 4) is 0 Å². The summed E-state index contributed by atoms with van der Waals surface area (Å²) < 4.78 is 0. The Kier molecular flexibility index (Phi) is 16.1. The molecule has 5 aromatic rings. The minimum Gasteiger partial charge on any atom is -0.811 e. The Bertz CT molecular complexity index is 1880. The van der Waals surface area contributed by atoms with E-state index < -0.39 is 0 Å². The quantitative estimate of drug-likeness (QED) is 0.106. The summed E-state index contributed by atoms with van der Waals surface area (Å²) in [4.78, 5) is 12.9. The van der Waals surface area contributed by atoms with E-state index in [0.29, 0.717) is 11.1 Å². The summed E-state index contributed by atoms with van der Waals surface area (Å²) in [6.45, 7) is 9.67. The van der Waals surface area contributed by atoms with Crippen molar-refractivity contribution >= 4 is 50.7 Å². The number of hydrogen-bond acceptors (Lipinski definition) is 3. The average Bonchev–Trinajstić information content (AvgIpc) is 3.08. The van der Waals surface area contributed by atoms with Crippen LogP contribution in [0.3, 0.4) is 0 Å². The molecule has 6 nitrogen and oxygen atoms in total. The van der Waals surface area contributed by atoms with E-state index in [9.17, 15) is 5.41 Å². The van der Waals surface area contributed by atoms with Gasteiger partial charge >= 0.3 is 19.5 Å². The number of rotatable bonds is 4. The van der Waals surface area contributed by atoms with E-state index in [1.54, 1.807) is 55.0 Å². The van der Waals surface area contributed by atoms with Crippen molar-refractivity contribution in [1.82, 2.24) is 15.0 Å². The molecule has 6 rings (SSSR count). The number of aromatic nitrogens is 3. The maximum absolute atomic E-state index is 9.64. The fraction of sp³-hybridized carbons (Fsp3) is 0.103. The van der Waals surface area contributed by atoms with Crippen LogP contribution in [0, 0.1) is 0 Å². The molecule has 3 aromatic heterocycles. The van der Waals surface area contributed by atoms with Gasteiger partial charge in [-0.25, -0.2) is 0 Å². The van der Waals surface area contributed by atoms with Gasteiger partial charge in [0.05, 0.1) is 16.6 Å². The maximum atomic E-state index is 9.64.